The fourth-order valence-corrected chi connectivity index (χ4v) is 1.71. The third-order valence-corrected chi connectivity index (χ3v) is 2.86. The number of alkyl halides is 6. The molecule has 1 rings (SSSR count). The molecular formula is C11H8BrF6NO2. The van der Waals surface area contributed by atoms with Gasteiger partial charge in [-0.05, 0) is 18.2 Å². The van der Waals surface area contributed by atoms with Gasteiger partial charge in [-0.1, -0.05) is 15.9 Å². The molecule has 0 bridgehead atoms. The minimum atomic E-state index is -4.97. The van der Waals surface area contributed by atoms with E-state index >= 15 is 0 Å². The van der Waals surface area contributed by atoms with Crippen molar-refractivity contribution in [3.63, 3.8) is 0 Å². The number of hydrogen-bond donors (Lipinski definition) is 2. The Labute approximate surface area is 123 Å². The lowest BCUT2D eigenvalue weighted by Crippen LogP contribution is -2.41. The first-order chi connectivity index (χ1) is 9.43. The average Bonchev–Trinajstić information content (AvgIpc) is 2.33. The topological polar surface area (TPSA) is 49.3 Å². The monoisotopic (exact) mass is 379 g/mol. The van der Waals surface area contributed by atoms with Gasteiger partial charge in [0, 0.05) is 4.47 Å². The van der Waals surface area contributed by atoms with Gasteiger partial charge in [-0.15, -0.1) is 0 Å². The van der Waals surface area contributed by atoms with Gasteiger partial charge in [-0.25, -0.2) is 0 Å². The van der Waals surface area contributed by atoms with Gasteiger partial charge in [0.25, 0.3) is 5.91 Å². The maximum Gasteiger partial charge on any atom is 0.417 e. The lowest BCUT2D eigenvalue weighted by atomic mass is 10.1. The largest absolute Gasteiger partial charge is 0.417 e. The molecule has 0 fully saturated rings. The number of amides is 1. The predicted molar refractivity (Wildman–Crippen MR) is 63.5 cm³/mol. The Bertz CT molecular complexity index is 528. The van der Waals surface area contributed by atoms with Gasteiger partial charge < -0.3 is 10.4 Å². The van der Waals surface area contributed by atoms with E-state index in [1.807, 2.05) is 0 Å². The van der Waals surface area contributed by atoms with Crippen LogP contribution in [0.5, 0.6) is 0 Å². The molecule has 3 nitrogen and oxygen atoms in total. The highest BCUT2D eigenvalue weighted by molar-refractivity contribution is 9.10. The SMILES string of the molecule is O=C(NCC(O)C(F)(F)F)c1ccc(Br)cc1C(F)(F)F. The third-order valence-electron chi connectivity index (χ3n) is 2.37. The summed E-state index contributed by atoms with van der Waals surface area (Å²) in [4.78, 5) is 11.6. The van der Waals surface area contributed by atoms with Gasteiger partial charge in [0.15, 0.2) is 6.10 Å². The smallest absolute Gasteiger partial charge is 0.382 e. The summed E-state index contributed by atoms with van der Waals surface area (Å²) in [6.07, 6.45) is -12.7. The Balaban J connectivity index is 2.94. The van der Waals surface area contributed by atoms with E-state index in [0.717, 1.165) is 12.1 Å². The molecule has 1 unspecified atom stereocenters. The number of halogens is 7. The zero-order valence-corrected chi connectivity index (χ0v) is 11.6. The van der Waals surface area contributed by atoms with Crippen molar-refractivity contribution in [3.8, 4) is 0 Å². The number of hydrogen-bond acceptors (Lipinski definition) is 2. The maximum absolute atomic E-state index is 12.7. The molecule has 21 heavy (non-hydrogen) atoms. The van der Waals surface area contributed by atoms with Crippen LogP contribution in [0.25, 0.3) is 0 Å². The molecule has 1 aromatic carbocycles. The molecule has 0 aromatic heterocycles. The molecule has 0 radical (unpaired) electrons. The van der Waals surface area contributed by atoms with Crippen molar-refractivity contribution in [2.24, 2.45) is 0 Å². The van der Waals surface area contributed by atoms with Crippen LogP contribution in [0.15, 0.2) is 22.7 Å². The van der Waals surface area contributed by atoms with E-state index in [1.54, 1.807) is 5.32 Å². The van der Waals surface area contributed by atoms with Gasteiger partial charge >= 0.3 is 12.4 Å². The Hall–Kier alpha value is -1.29. The normalized spacial score (nSPS) is 13.9. The van der Waals surface area contributed by atoms with Crippen molar-refractivity contribution >= 4 is 21.8 Å². The summed E-state index contributed by atoms with van der Waals surface area (Å²) in [5.41, 5.74) is -2.13. The van der Waals surface area contributed by atoms with Crippen molar-refractivity contribution in [3.05, 3.63) is 33.8 Å². The number of aliphatic hydroxyl groups excluding tert-OH is 1. The highest BCUT2D eigenvalue weighted by Gasteiger charge is 2.39. The lowest BCUT2D eigenvalue weighted by Gasteiger charge is -2.17. The summed E-state index contributed by atoms with van der Waals surface area (Å²) in [6.45, 7) is -1.24. The van der Waals surface area contributed by atoms with Crippen LogP contribution in [0.2, 0.25) is 0 Å². The molecule has 1 aromatic rings. The molecule has 1 amide bonds. The summed E-state index contributed by atoms with van der Waals surface area (Å²) in [6, 6.07) is 2.60. The highest BCUT2D eigenvalue weighted by Crippen LogP contribution is 2.33. The second kappa shape index (κ2) is 6.22. The van der Waals surface area contributed by atoms with E-state index in [1.165, 1.54) is 0 Å². The van der Waals surface area contributed by atoms with Gasteiger partial charge in [0.2, 0.25) is 0 Å². The first kappa shape index (κ1) is 17.8. The molecule has 0 heterocycles. The molecule has 10 heteroatoms. The van der Waals surface area contributed by atoms with Gasteiger partial charge in [0.05, 0.1) is 17.7 Å². The Morgan fingerprint density at radius 3 is 2.29 bits per heavy atom. The summed E-state index contributed by atoms with van der Waals surface area (Å²) in [7, 11) is 0. The molecular weight excluding hydrogens is 372 g/mol. The van der Waals surface area contributed by atoms with Gasteiger partial charge in [-0.2, -0.15) is 26.3 Å². The number of carbonyl (C=O) groups excluding carboxylic acids is 1. The fourth-order valence-electron chi connectivity index (χ4n) is 1.35. The summed E-state index contributed by atoms with van der Waals surface area (Å²) >= 11 is 2.81. The highest BCUT2D eigenvalue weighted by atomic mass is 79.9. The van der Waals surface area contributed by atoms with Crippen LogP contribution in [0.4, 0.5) is 26.3 Å². The van der Waals surface area contributed by atoms with Crippen LogP contribution in [-0.4, -0.2) is 29.8 Å². The average molecular weight is 380 g/mol. The van der Waals surface area contributed by atoms with Crippen molar-refractivity contribution in [1.82, 2.24) is 5.32 Å². The second-order valence-electron chi connectivity index (χ2n) is 3.96. The van der Waals surface area contributed by atoms with E-state index < -0.39 is 42.0 Å². The number of rotatable bonds is 3. The van der Waals surface area contributed by atoms with Crippen molar-refractivity contribution in [2.45, 2.75) is 18.5 Å². The summed E-state index contributed by atoms with van der Waals surface area (Å²) in [5.74, 6) is -1.36. The minimum Gasteiger partial charge on any atom is -0.382 e. The molecule has 1 atom stereocenters. The first-order valence-corrected chi connectivity index (χ1v) is 6.12. The molecule has 2 N–H and O–H groups in total. The maximum atomic E-state index is 12.7. The van der Waals surface area contributed by atoms with Crippen LogP contribution in [-0.2, 0) is 6.18 Å². The number of benzene rings is 1. The minimum absolute atomic E-state index is 0.0571. The van der Waals surface area contributed by atoms with Gasteiger partial charge in [-0.3, -0.25) is 4.79 Å². The number of nitrogens with one attached hydrogen (secondary N) is 1. The Morgan fingerprint density at radius 1 is 1.24 bits per heavy atom. The quantitative estimate of drug-likeness (QED) is 0.792. The summed E-state index contributed by atoms with van der Waals surface area (Å²) < 4.78 is 74.4. The standard InChI is InChI=1S/C11H8BrF6NO2/c12-5-1-2-6(7(3-5)10(13,14)15)9(21)19-4-8(20)11(16,17)18/h1-3,8,20H,4H2,(H,19,21). The molecule has 0 saturated heterocycles. The van der Waals surface area contributed by atoms with Gasteiger partial charge in [0.1, 0.15) is 0 Å². The predicted octanol–water partition coefficient (Wildman–Crippen LogP) is 3.12. The molecule has 118 valence electrons. The zero-order chi connectivity index (χ0) is 16.4. The molecule has 0 aliphatic carbocycles. The van der Waals surface area contributed by atoms with Crippen LogP contribution in [0.1, 0.15) is 15.9 Å². The number of aliphatic hydroxyl groups is 1. The zero-order valence-electron chi connectivity index (χ0n) is 10.0. The van der Waals surface area contributed by atoms with E-state index in [2.05, 4.69) is 15.9 Å². The Morgan fingerprint density at radius 2 is 1.81 bits per heavy atom. The Kier molecular flexibility index (Phi) is 5.26. The fraction of sp³-hybridized carbons (Fsp3) is 0.364. The van der Waals surface area contributed by atoms with Crippen LogP contribution in [0.3, 0.4) is 0 Å². The molecule has 0 spiro atoms. The van der Waals surface area contributed by atoms with E-state index in [9.17, 15) is 31.1 Å². The van der Waals surface area contributed by atoms with Crippen molar-refractivity contribution in [2.75, 3.05) is 6.54 Å². The van der Waals surface area contributed by atoms with Crippen molar-refractivity contribution < 1.29 is 36.2 Å². The second-order valence-corrected chi connectivity index (χ2v) is 4.87. The molecule has 0 aliphatic rings. The lowest BCUT2D eigenvalue weighted by molar-refractivity contribution is -0.201. The first-order valence-electron chi connectivity index (χ1n) is 5.32. The van der Waals surface area contributed by atoms with Crippen LogP contribution >= 0.6 is 15.9 Å². The molecule has 0 aliphatic heterocycles. The van der Waals surface area contributed by atoms with E-state index in [-0.39, 0.29) is 4.47 Å². The van der Waals surface area contributed by atoms with Crippen LogP contribution < -0.4 is 5.32 Å². The third kappa shape index (κ3) is 4.88. The molecule has 0 saturated carbocycles. The van der Waals surface area contributed by atoms with Crippen LogP contribution in [0, 0.1) is 0 Å². The number of carbonyl (C=O) groups is 1. The summed E-state index contributed by atoms with van der Waals surface area (Å²) in [5, 5.41) is 10.3. The van der Waals surface area contributed by atoms with E-state index in [4.69, 9.17) is 5.11 Å². The van der Waals surface area contributed by atoms with E-state index in [0.29, 0.717) is 6.07 Å². The van der Waals surface area contributed by atoms with Crippen molar-refractivity contribution in [1.29, 1.82) is 0 Å².